The van der Waals surface area contributed by atoms with Gasteiger partial charge in [0.2, 0.25) is 16.0 Å². The Kier molecular flexibility index (Phi) is 8.85. The monoisotopic (exact) mass is 590 g/mol. The number of sulfonamides is 1. The first-order valence-electron chi connectivity index (χ1n) is 11.9. The normalized spacial score (nSPS) is 14.0. The molecule has 0 saturated carbocycles. The molecule has 0 amide bonds. The van der Waals surface area contributed by atoms with Crippen LogP contribution < -0.4 is 25.0 Å². The summed E-state index contributed by atoms with van der Waals surface area (Å²) in [4.78, 5) is 11.3. The van der Waals surface area contributed by atoms with Gasteiger partial charge in [-0.3, -0.25) is 0 Å². The van der Waals surface area contributed by atoms with Crippen LogP contribution in [0.1, 0.15) is 13.8 Å². The number of hydrogen-bond donors (Lipinski definition) is 3. The van der Waals surface area contributed by atoms with Crippen molar-refractivity contribution in [2.75, 3.05) is 55.5 Å². The van der Waals surface area contributed by atoms with E-state index in [1.807, 2.05) is 32.0 Å². The zero-order valence-corrected chi connectivity index (χ0v) is 23.4. The van der Waals surface area contributed by atoms with E-state index < -0.39 is 10.0 Å². The average molecular weight is 592 g/mol. The Morgan fingerprint density at radius 2 is 1.86 bits per heavy atom. The van der Waals surface area contributed by atoms with Gasteiger partial charge in [-0.15, -0.1) is 0 Å². The number of halogens is 1. The lowest BCUT2D eigenvalue weighted by atomic mass is 10.2. The SMILES string of the molecule is COc1cc(N2CCOCC2)ccc1Nc1ncc(Br)c(Nc2ccccc2S(=O)(=O)NCC(C)C)n1. The van der Waals surface area contributed by atoms with Crippen LogP contribution >= 0.6 is 15.9 Å². The van der Waals surface area contributed by atoms with E-state index in [-0.39, 0.29) is 10.8 Å². The van der Waals surface area contributed by atoms with Crippen molar-refractivity contribution >= 4 is 54.8 Å². The van der Waals surface area contributed by atoms with Gasteiger partial charge in [-0.25, -0.2) is 18.1 Å². The topological polar surface area (TPSA) is 118 Å². The van der Waals surface area contributed by atoms with Crippen molar-refractivity contribution < 1.29 is 17.9 Å². The van der Waals surface area contributed by atoms with Gasteiger partial charge in [0.25, 0.3) is 0 Å². The number of ether oxygens (including phenoxy) is 2. The molecule has 2 heterocycles. The Morgan fingerprint density at radius 1 is 1.11 bits per heavy atom. The Balaban J connectivity index is 1.56. The minimum absolute atomic E-state index is 0.135. The average Bonchev–Trinajstić information content (AvgIpc) is 2.90. The van der Waals surface area contributed by atoms with Crippen molar-refractivity contribution in [2.24, 2.45) is 5.92 Å². The number of aromatic nitrogens is 2. The summed E-state index contributed by atoms with van der Waals surface area (Å²) in [6.07, 6.45) is 1.60. The number of hydrogen-bond acceptors (Lipinski definition) is 9. The van der Waals surface area contributed by atoms with E-state index in [0.29, 0.717) is 53.1 Å². The lowest BCUT2D eigenvalue weighted by Crippen LogP contribution is -2.36. The number of nitrogens with zero attached hydrogens (tertiary/aromatic N) is 3. The molecule has 0 radical (unpaired) electrons. The van der Waals surface area contributed by atoms with Crippen LogP contribution in [0.4, 0.5) is 28.8 Å². The van der Waals surface area contributed by atoms with Crippen LogP contribution in [0.3, 0.4) is 0 Å². The lowest BCUT2D eigenvalue weighted by Gasteiger charge is -2.29. The number of benzene rings is 2. The molecule has 0 atom stereocenters. The summed E-state index contributed by atoms with van der Waals surface area (Å²) >= 11 is 3.46. The fraction of sp³-hybridized carbons (Fsp3) is 0.360. The van der Waals surface area contributed by atoms with Gasteiger partial charge in [0, 0.05) is 37.6 Å². The van der Waals surface area contributed by atoms with Crippen molar-refractivity contribution in [1.29, 1.82) is 0 Å². The Labute approximate surface area is 226 Å². The molecule has 3 aromatic rings. The van der Waals surface area contributed by atoms with Crippen LogP contribution in [0.25, 0.3) is 0 Å². The highest BCUT2D eigenvalue weighted by atomic mass is 79.9. The predicted octanol–water partition coefficient (Wildman–Crippen LogP) is 4.51. The molecule has 0 unspecified atom stereocenters. The van der Waals surface area contributed by atoms with Crippen molar-refractivity contribution in [3.63, 3.8) is 0 Å². The zero-order valence-electron chi connectivity index (χ0n) is 21.0. The second kappa shape index (κ2) is 12.1. The number of methoxy groups -OCH3 is 1. The molecule has 0 aliphatic carbocycles. The van der Waals surface area contributed by atoms with Crippen LogP contribution in [0.2, 0.25) is 0 Å². The quantitative estimate of drug-likeness (QED) is 0.313. The third kappa shape index (κ3) is 6.89. The molecule has 4 rings (SSSR count). The molecule has 1 aliphatic heterocycles. The second-order valence-corrected chi connectivity index (χ2v) is 11.5. The van der Waals surface area contributed by atoms with Gasteiger partial charge in [-0.2, -0.15) is 4.98 Å². The Bertz CT molecular complexity index is 1330. The third-order valence-corrected chi connectivity index (χ3v) is 7.73. The number of rotatable bonds is 10. The molecule has 0 bridgehead atoms. The van der Waals surface area contributed by atoms with Crippen LogP contribution in [-0.4, -0.2) is 58.3 Å². The summed E-state index contributed by atoms with van der Waals surface area (Å²) in [5.74, 6) is 1.56. The molecule has 2 aromatic carbocycles. The molecule has 1 aliphatic rings. The van der Waals surface area contributed by atoms with Gasteiger partial charge in [0.05, 0.1) is 36.2 Å². The largest absolute Gasteiger partial charge is 0.494 e. The molecule has 1 aromatic heterocycles. The van der Waals surface area contributed by atoms with Crippen LogP contribution in [0.5, 0.6) is 5.75 Å². The summed E-state index contributed by atoms with van der Waals surface area (Å²) in [5, 5.41) is 6.34. The van der Waals surface area contributed by atoms with Gasteiger partial charge in [0.15, 0.2) is 0 Å². The maximum atomic E-state index is 12.9. The van der Waals surface area contributed by atoms with E-state index >= 15 is 0 Å². The van der Waals surface area contributed by atoms with Crippen LogP contribution in [0, 0.1) is 5.92 Å². The molecular formula is C25H31BrN6O4S. The number of para-hydroxylation sites is 1. The van der Waals surface area contributed by atoms with Crippen molar-refractivity contribution in [3.05, 3.63) is 53.1 Å². The highest BCUT2D eigenvalue weighted by molar-refractivity contribution is 9.10. The van der Waals surface area contributed by atoms with E-state index in [2.05, 4.69) is 46.2 Å². The first-order valence-corrected chi connectivity index (χ1v) is 14.2. The molecule has 1 saturated heterocycles. The molecule has 3 N–H and O–H groups in total. The van der Waals surface area contributed by atoms with Gasteiger partial charge < -0.3 is 25.0 Å². The summed E-state index contributed by atoms with van der Waals surface area (Å²) < 4.78 is 40.1. The Morgan fingerprint density at radius 3 is 2.59 bits per heavy atom. The van der Waals surface area contributed by atoms with E-state index in [9.17, 15) is 8.42 Å². The van der Waals surface area contributed by atoms with Crippen molar-refractivity contribution in [1.82, 2.24) is 14.7 Å². The summed E-state index contributed by atoms with van der Waals surface area (Å²) in [5.41, 5.74) is 2.15. The molecule has 37 heavy (non-hydrogen) atoms. The fourth-order valence-electron chi connectivity index (χ4n) is 3.72. The summed E-state index contributed by atoms with van der Waals surface area (Å²) in [6.45, 7) is 7.28. The van der Waals surface area contributed by atoms with Gasteiger partial charge in [0.1, 0.15) is 16.5 Å². The predicted molar refractivity (Wildman–Crippen MR) is 149 cm³/mol. The standard InChI is InChI=1S/C25H31BrN6O4S/c1-17(2)15-28-37(33,34)23-7-5-4-6-21(23)29-24-19(26)16-27-25(31-24)30-20-9-8-18(14-22(20)35-3)32-10-12-36-13-11-32/h4-9,14,16-17,28H,10-13,15H2,1-3H3,(H2,27,29,30,31). The smallest absolute Gasteiger partial charge is 0.242 e. The molecule has 0 spiro atoms. The van der Waals surface area contributed by atoms with Gasteiger partial charge in [-0.05, 0) is 46.1 Å². The Hall–Kier alpha value is -2.93. The molecule has 12 heteroatoms. The van der Waals surface area contributed by atoms with Gasteiger partial charge >= 0.3 is 0 Å². The van der Waals surface area contributed by atoms with E-state index in [1.165, 1.54) is 0 Å². The second-order valence-electron chi connectivity index (χ2n) is 8.87. The van der Waals surface area contributed by atoms with Gasteiger partial charge in [-0.1, -0.05) is 26.0 Å². The molecule has 1 fully saturated rings. The molecule has 10 nitrogen and oxygen atoms in total. The highest BCUT2D eigenvalue weighted by Gasteiger charge is 2.20. The van der Waals surface area contributed by atoms with E-state index in [0.717, 1.165) is 18.8 Å². The first-order chi connectivity index (χ1) is 17.8. The summed E-state index contributed by atoms with van der Waals surface area (Å²) in [6, 6.07) is 12.6. The highest BCUT2D eigenvalue weighted by Crippen LogP contribution is 2.33. The van der Waals surface area contributed by atoms with Crippen molar-refractivity contribution in [3.8, 4) is 5.75 Å². The van der Waals surface area contributed by atoms with Crippen LogP contribution in [0.15, 0.2) is 58.0 Å². The molecule has 198 valence electrons. The number of anilines is 5. The fourth-order valence-corrected chi connectivity index (χ4v) is 5.39. The maximum absolute atomic E-state index is 12.9. The lowest BCUT2D eigenvalue weighted by molar-refractivity contribution is 0.122. The third-order valence-electron chi connectivity index (χ3n) is 5.66. The minimum Gasteiger partial charge on any atom is -0.494 e. The van der Waals surface area contributed by atoms with Crippen LogP contribution in [-0.2, 0) is 14.8 Å². The number of morpholine rings is 1. The maximum Gasteiger partial charge on any atom is 0.242 e. The van der Waals surface area contributed by atoms with Crippen molar-refractivity contribution in [2.45, 2.75) is 18.7 Å². The molecular weight excluding hydrogens is 560 g/mol. The summed E-state index contributed by atoms with van der Waals surface area (Å²) in [7, 11) is -2.10. The van der Waals surface area contributed by atoms with E-state index in [1.54, 1.807) is 37.6 Å². The number of nitrogens with one attached hydrogen (secondary N) is 3. The first kappa shape index (κ1) is 27.1. The minimum atomic E-state index is -3.72. The zero-order chi connectivity index (χ0) is 26.4. The van der Waals surface area contributed by atoms with E-state index in [4.69, 9.17) is 9.47 Å².